The lowest BCUT2D eigenvalue weighted by Gasteiger charge is -2.12. The van der Waals surface area contributed by atoms with Crippen molar-refractivity contribution in [1.29, 1.82) is 0 Å². The van der Waals surface area contributed by atoms with Gasteiger partial charge in [0.05, 0.1) is 0 Å². The van der Waals surface area contributed by atoms with Crippen LogP contribution in [0.4, 0.5) is 0 Å². The van der Waals surface area contributed by atoms with Gasteiger partial charge in [-0.25, -0.2) is 0 Å². The van der Waals surface area contributed by atoms with E-state index >= 15 is 0 Å². The number of hydrogen-bond acceptors (Lipinski definition) is 2. The average molecular weight is 164 g/mol. The maximum Gasteiger partial charge on any atom is 0.0472 e. The van der Waals surface area contributed by atoms with Crippen molar-refractivity contribution in [2.24, 2.45) is 0 Å². The van der Waals surface area contributed by atoms with E-state index in [1.807, 2.05) is 11.8 Å². The van der Waals surface area contributed by atoms with Crippen LogP contribution in [0.2, 0.25) is 0 Å². The lowest BCUT2D eigenvalue weighted by molar-refractivity contribution is 0.898. The van der Waals surface area contributed by atoms with Gasteiger partial charge in [0.15, 0.2) is 0 Å². The maximum absolute atomic E-state index is 4.39. The van der Waals surface area contributed by atoms with Crippen LogP contribution in [0.1, 0.15) is 33.6 Å². The highest BCUT2D eigenvalue weighted by Crippen LogP contribution is 2.24. The third-order valence-electron chi connectivity index (χ3n) is 1.31. The lowest BCUT2D eigenvalue weighted by Crippen LogP contribution is -1.99. The predicted molar refractivity (Wildman–Crippen MR) is 50.4 cm³/mol. The molecule has 0 heterocycles. The molecule has 0 fully saturated rings. The fraction of sp³-hybridized carbons (Fsp3) is 1.00. The zero-order valence-corrected chi connectivity index (χ0v) is 8.14. The summed E-state index contributed by atoms with van der Waals surface area (Å²) in [4.78, 5) is 0. The summed E-state index contributed by atoms with van der Waals surface area (Å²) in [6.07, 6.45) is 2.42. The minimum absolute atomic E-state index is 0.542. The van der Waals surface area contributed by atoms with E-state index in [1.165, 1.54) is 6.42 Å². The number of rotatable bonds is 4. The molecule has 0 amide bonds. The first kappa shape index (κ1) is 9.70. The van der Waals surface area contributed by atoms with Crippen molar-refractivity contribution >= 4 is 24.4 Å². The van der Waals surface area contributed by atoms with Crippen LogP contribution in [-0.4, -0.2) is 9.83 Å². The summed E-state index contributed by atoms with van der Waals surface area (Å²) in [5, 5.41) is 0.771. The van der Waals surface area contributed by atoms with Crippen LogP contribution in [0.25, 0.3) is 0 Å². The summed E-state index contributed by atoms with van der Waals surface area (Å²) in [5.74, 6) is 0. The van der Waals surface area contributed by atoms with Gasteiger partial charge in [0.1, 0.15) is 0 Å². The molecule has 0 aromatic heterocycles. The van der Waals surface area contributed by atoms with Crippen LogP contribution < -0.4 is 0 Å². The second-order valence-corrected chi connectivity index (χ2v) is 4.84. The molecule has 0 aromatic rings. The normalized spacial score (nSPS) is 17.3. The van der Waals surface area contributed by atoms with Crippen molar-refractivity contribution in [3.63, 3.8) is 0 Å². The number of thiol groups is 1. The predicted octanol–water partition coefficient (Wildman–Crippen LogP) is 3.18. The quantitative estimate of drug-likeness (QED) is 0.492. The second-order valence-electron chi connectivity index (χ2n) is 2.22. The zero-order valence-electron chi connectivity index (χ0n) is 6.42. The van der Waals surface area contributed by atoms with E-state index in [0.717, 1.165) is 11.7 Å². The molecular weight excluding hydrogens is 148 g/mol. The highest BCUT2D eigenvalue weighted by Gasteiger charge is 2.04. The van der Waals surface area contributed by atoms with Crippen LogP contribution in [0.5, 0.6) is 0 Å². The molecule has 56 valence electrons. The van der Waals surface area contributed by atoms with Crippen LogP contribution in [0.15, 0.2) is 0 Å². The van der Waals surface area contributed by atoms with E-state index < -0.39 is 0 Å². The summed E-state index contributed by atoms with van der Waals surface area (Å²) in [7, 11) is 0. The van der Waals surface area contributed by atoms with E-state index in [1.54, 1.807) is 0 Å². The van der Waals surface area contributed by atoms with Gasteiger partial charge < -0.3 is 0 Å². The molecule has 0 nitrogen and oxygen atoms in total. The third kappa shape index (κ3) is 5.16. The van der Waals surface area contributed by atoms with Crippen molar-refractivity contribution in [2.75, 3.05) is 0 Å². The number of thioether (sulfide) groups is 1. The average Bonchev–Trinajstić information content (AvgIpc) is 1.87. The lowest BCUT2D eigenvalue weighted by atomic mass is 10.4. The largest absolute Gasteiger partial charge is 0.165 e. The third-order valence-corrected chi connectivity index (χ3v) is 3.49. The minimum Gasteiger partial charge on any atom is -0.165 e. The van der Waals surface area contributed by atoms with E-state index in [4.69, 9.17) is 0 Å². The van der Waals surface area contributed by atoms with Crippen molar-refractivity contribution in [2.45, 2.75) is 43.4 Å². The van der Waals surface area contributed by atoms with E-state index in [9.17, 15) is 0 Å². The standard InChI is InChI=1S/C7H16S2/c1-4-6(3)9-7(8)5-2/h6-8H,4-5H2,1-3H3. The molecule has 0 bridgehead atoms. The second kappa shape index (κ2) is 5.48. The SMILES string of the molecule is CCC(C)SC(S)CC. The Kier molecular flexibility index (Phi) is 5.91. The van der Waals surface area contributed by atoms with Gasteiger partial charge in [0.25, 0.3) is 0 Å². The Hall–Kier alpha value is 0.700. The van der Waals surface area contributed by atoms with Crippen molar-refractivity contribution in [3.8, 4) is 0 Å². The summed E-state index contributed by atoms with van der Waals surface area (Å²) in [6.45, 7) is 6.64. The highest BCUT2D eigenvalue weighted by atomic mass is 32.2. The summed E-state index contributed by atoms with van der Waals surface area (Å²) >= 11 is 6.35. The Morgan fingerprint density at radius 2 is 1.89 bits per heavy atom. The fourth-order valence-electron chi connectivity index (χ4n) is 0.461. The van der Waals surface area contributed by atoms with Gasteiger partial charge in [0.2, 0.25) is 0 Å². The molecule has 0 aliphatic carbocycles. The molecule has 9 heavy (non-hydrogen) atoms. The molecule has 0 aliphatic rings. The van der Waals surface area contributed by atoms with Crippen molar-refractivity contribution in [3.05, 3.63) is 0 Å². The highest BCUT2D eigenvalue weighted by molar-refractivity contribution is 8.10. The van der Waals surface area contributed by atoms with Crippen LogP contribution in [-0.2, 0) is 0 Å². The Balaban J connectivity index is 3.22. The topological polar surface area (TPSA) is 0 Å². The molecule has 2 heteroatoms. The smallest absolute Gasteiger partial charge is 0.0472 e. The van der Waals surface area contributed by atoms with Gasteiger partial charge in [-0.15, -0.1) is 11.8 Å². The van der Waals surface area contributed by atoms with Crippen molar-refractivity contribution < 1.29 is 0 Å². The van der Waals surface area contributed by atoms with Gasteiger partial charge in [-0.1, -0.05) is 20.8 Å². The first-order chi connectivity index (χ1) is 4.20. The molecule has 2 atom stereocenters. The van der Waals surface area contributed by atoms with Gasteiger partial charge in [-0.2, -0.15) is 12.6 Å². The molecule has 0 saturated carbocycles. The molecule has 0 spiro atoms. The Labute approximate surface area is 68.2 Å². The fourth-order valence-corrected chi connectivity index (χ4v) is 2.01. The Bertz CT molecular complexity index is 55.9. The van der Waals surface area contributed by atoms with E-state index in [2.05, 4.69) is 33.4 Å². The van der Waals surface area contributed by atoms with Crippen LogP contribution in [0.3, 0.4) is 0 Å². The zero-order chi connectivity index (χ0) is 7.28. The van der Waals surface area contributed by atoms with Gasteiger partial charge >= 0.3 is 0 Å². The molecule has 0 N–H and O–H groups in total. The van der Waals surface area contributed by atoms with Crippen LogP contribution >= 0.6 is 24.4 Å². The monoisotopic (exact) mass is 164 g/mol. The summed E-state index contributed by atoms with van der Waals surface area (Å²) in [6, 6.07) is 0. The van der Waals surface area contributed by atoms with Gasteiger partial charge in [0, 0.05) is 9.83 Å². The first-order valence-corrected chi connectivity index (χ1v) is 5.00. The minimum atomic E-state index is 0.542. The van der Waals surface area contributed by atoms with Crippen molar-refractivity contribution in [1.82, 2.24) is 0 Å². The van der Waals surface area contributed by atoms with Gasteiger partial charge in [-0.05, 0) is 12.8 Å². The summed E-state index contributed by atoms with van der Waals surface area (Å²) < 4.78 is 0.542. The maximum atomic E-state index is 4.39. The molecule has 0 aliphatic heterocycles. The molecular formula is C7H16S2. The van der Waals surface area contributed by atoms with E-state index in [-0.39, 0.29) is 0 Å². The van der Waals surface area contributed by atoms with E-state index in [0.29, 0.717) is 4.58 Å². The molecule has 0 radical (unpaired) electrons. The Morgan fingerprint density at radius 1 is 1.33 bits per heavy atom. The summed E-state index contributed by atoms with van der Waals surface area (Å²) in [5.41, 5.74) is 0. The Morgan fingerprint density at radius 3 is 2.22 bits per heavy atom. The number of hydrogen-bond donors (Lipinski definition) is 1. The van der Waals surface area contributed by atoms with Gasteiger partial charge in [-0.3, -0.25) is 0 Å². The molecule has 0 rings (SSSR count). The molecule has 0 saturated heterocycles. The van der Waals surface area contributed by atoms with Crippen LogP contribution in [0, 0.1) is 0 Å². The molecule has 0 aromatic carbocycles. The first-order valence-electron chi connectivity index (χ1n) is 3.54. The molecule has 2 unspecified atom stereocenters.